The van der Waals surface area contributed by atoms with Gasteiger partial charge in [0.25, 0.3) is 5.91 Å². The number of halogens is 1. The average Bonchev–Trinajstić information content (AvgIpc) is 2.46. The van der Waals surface area contributed by atoms with Crippen molar-refractivity contribution < 1.29 is 9.00 Å². The minimum Gasteiger partial charge on any atom is -0.355 e. The Labute approximate surface area is 129 Å². The van der Waals surface area contributed by atoms with Crippen LogP contribution < -0.4 is 5.32 Å². The van der Waals surface area contributed by atoms with E-state index in [9.17, 15) is 9.00 Å². The summed E-state index contributed by atoms with van der Waals surface area (Å²) >= 11 is 3.39. The Morgan fingerprint density at radius 1 is 1.20 bits per heavy atom. The molecule has 0 aliphatic rings. The number of hydrogen-bond donors (Lipinski definition) is 1. The summed E-state index contributed by atoms with van der Waals surface area (Å²) in [7, 11) is 0.308. The van der Waals surface area contributed by atoms with Crippen molar-refractivity contribution in [1.82, 2.24) is 5.32 Å². The summed E-state index contributed by atoms with van der Waals surface area (Å²) in [5.41, 5.74) is 1.42. The van der Waals surface area contributed by atoms with E-state index in [2.05, 4.69) is 21.2 Å². The second-order valence-corrected chi connectivity index (χ2v) is 6.53. The molecule has 2 rings (SSSR count). The zero-order valence-electron chi connectivity index (χ0n) is 10.9. The average molecular weight is 352 g/mol. The van der Waals surface area contributed by atoms with Crippen LogP contribution in [0, 0.1) is 0 Å². The van der Waals surface area contributed by atoms with Crippen LogP contribution in [-0.4, -0.2) is 17.2 Å². The molecule has 20 heavy (non-hydrogen) atoms. The highest BCUT2D eigenvalue weighted by Crippen LogP contribution is 2.19. The van der Waals surface area contributed by atoms with E-state index in [1.165, 1.54) is 0 Å². The van der Waals surface area contributed by atoms with Gasteiger partial charge in [-0.15, -0.1) is 0 Å². The molecule has 1 amide bonds. The lowest BCUT2D eigenvalue weighted by molar-refractivity contribution is 0.0960. The number of benzene rings is 2. The molecule has 0 saturated carbocycles. The third-order valence-corrected chi connectivity index (χ3v) is 4.73. The highest BCUT2D eigenvalue weighted by atomic mass is 79.9. The lowest BCUT2D eigenvalue weighted by atomic mass is 10.2. The third-order valence-electron chi connectivity index (χ3n) is 2.79. The summed E-state index contributed by atoms with van der Waals surface area (Å²) < 4.78 is 13.4. The molecular formula is C15H14BrNO2S. The number of hydrogen-bond acceptors (Lipinski definition) is 2. The van der Waals surface area contributed by atoms with Crippen LogP contribution in [-0.2, 0) is 16.6 Å². The summed E-state index contributed by atoms with van der Waals surface area (Å²) in [5.74, 6) is 0.163. The molecule has 0 aliphatic heterocycles. The van der Waals surface area contributed by atoms with Crippen LogP contribution in [0.3, 0.4) is 0 Å². The number of amides is 1. The topological polar surface area (TPSA) is 46.2 Å². The second-order valence-electron chi connectivity index (χ2n) is 4.20. The lowest BCUT2D eigenvalue weighted by Gasteiger charge is -2.08. The van der Waals surface area contributed by atoms with E-state index in [4.69, 9.17) is 0 Å². The monoisotopic (exact) mass is 351 g/mol. The van der Waals surface area contributed by atoms with Gasteiger partial charge in [-0.25, -0.2) is 0 Å². The molecule has 0 aromatic heterocycles. The van der Waals surface area contributed by atoms with Crippen molar-refractivity contribution >= 4 is 32.6 Å². The molecule has 0 saturated heterocycles. The Balaban J connectivity index is 2.28. The highest BCUT2D eigenvalue weighted by Gasteiger charge is 2.14. The van der Waals surface area contributed by atoms with Gasteiger partial charge in [0.1, 0.15) is 0 Å². The van der Waals surface area contributed by atoms with Gasteiger partial charge in [0.15, 0.2) is 0 Å². The molecule has 1 atom stereocenters. The van der Waals surface area contributed by atoms with Crippen LogP contribution in [0.4, 0.5) is 0 Å². The first-order chi connectivity index (χ1) is 9.61. The minimum atomic E-state index is -1.26. The molecule has 3 nitrogen and oxygen atoms in total. The fraction of sp³-hybridized carbons (Fsp3) is 0.133. The predicted molar refractivity (Wildman–Crippen MR) is 84.1 cm³/mol. The molecule has 0 aliphatic carbocycles. The van der Waals surface area contributed by atoms with Gasteiger partial charge in [-0.2, -0.15) is 0 Å². The summed E-state index contributed by atoms with van der Waals surface area (Å²) in [5, 5.41) is 2.57. The maximum atomic E-state index is 12.5. The van der Waals surface area contributed by atoms with E-state index in [0.29, 0.717) is 16.2 Å². The molecule has 1 N–H and O–H groups in total. The summed E-state index contributed by atoms with van der Waals surface area (Å²) in [4.78, 5) is 12.4. The zero-order chi connectivity index (χ0) is 14.5. The summed E-state index contributed by atoms with van der Waals surface area (Å²) in [6, 6.07) is 14.7. The quantitative estimate of drug-likeness (QED) is 0.919. The molecule has 2 aromatic rings. The molecule has 0 bridgehead atoms. The molecule has 2 aromatic carbocycles. The number of carbonyl (C=O) groups is 1. The van der Waals surface area contributed by atoms with Crippen LogP contribution in [0.1, 0.15) is 15.9 Å². The fourth-order valence-corrected chi connectivity index (χ4v) is 3.56. The molecule has 1 unspecified atom stereocenters. The van der Waals surface area contributed by atoms with Crippen molar-refractivity contribution in [2.24, 2.45) is 0 Å². The Bertz CT molecular complexity index is 658. The first-order valence-corrected chi connectivity index (χ1v) is 8.17. The van der Waals surface area contributed by atoms with Gasteiger partial charge in [0.2, 0.25) is 0 Å². The number of carbonyl (C=O) groups excluding carboxylic acids is 1. The van der Waals surface area contributed by atoms with Crippen molar-refractivity contribution in [3.63, 3.8) is 0 Å². The number of nitrogens with one attached hydrogen (secondary N) is 1. The fourth-order valence-electron chi connectivity index (χ4n) is 1.84. The van der Waals surface area contributed by atoms with E-state index < -0.39 is 10.8 Å². The maximum Gasteiger partial charge on any atom is 0.252 e. The Morgan fingerprint density at radius 3 is 2.65 bits per heavy atom. The maximum absolute atomic E-state index is 12.5. The molecule has 0 fully saturated rings. The van der Waals surface area contributed by atoms with E-state index >= 15 is 0 Å². The van der Waals surface area contributed by atoms with Crippen molar-refractivity contribution in [3.05, 3.63) is 64.1 Å². The highest BCUT2D eigenvalue weighted by molar-refractivity contribution is 9.10. The first kappa shape index (κ1) is 14.9. The van der Waals surface area contributed by atoms with Crippen molar-refractivity contribution in [2.45, 2.75) is 10.6 Å². The van der Waals surface area contributed by atoms with Crippen LogP contribution >= 0.6 is 15.9 Å². The molecule has 0 radical (unpaired) electrons. The van der Waals surface area contributed by atoms with Crippen molar-refractivity contribution in [2.75, 3.05) is 7.05 Å². The summed E-state index contributed by atoms with van der Waals surface area (Å²) in [6.07, 6.45) is 0. The van der Waals surface area contributed by atoms with E-state index in [1.54, 1.807) is 31.3 Å². The van der Waals surface area contributed by atoms with E-state index in [1.807, 2.05) is 24.3 Å². The minimum absolute atomic E-state index is 0.219. The predicted octanol–water partition coefficient (Wildman–Crippen LogP) is 3.12. The second kappa shape index (κ2) is 6.81. The standard InChI is InChI=1S/C15H14BrNO2S/c1-17-15(18)13-7-2-3-8-14(13)20(19)10-11-5-4-6-12(16)9-11/h2-9H,10H2,1H3,(H,17,18). The van der Waals surface area contributed by atoms with Gasteiger partial charge >= 0.3 is 0 Å². The SMILES string of the molecule is CNC(=O)c1ccccc1S(=O)Cc1cccc(Br)c1. The zero-order valence-corrected chi connectivity index (χ0v) is 13.3. The van der Waals surface area contributed by atoms with Crippen LogP contribution in [0.25, 0.3) is 0 Å². The van der Waals surface area contributed by atoms with Gasteiger partial charge < -0.3 is 5.32 Å². The number of rotatable bonds is 4. The molecule has 0 heterocycles. The summed E-state index contributed by atoms with van der Waals surface area (Å²) in [6.45, 7) is 0. The Kier molecular flexibility index (Phi) is 5.09. The molecule has 0 spiro atoms. The van der Waals surface area contributed by atoms with E-state index in [0.717, 1.165) is 10.0 Å². The van der Waals surface area contributed by atoms with Crippen LogP contribution in [0.2, 0.25) is 0 Å². The molecule has 104 valence electrons. The van der Waals surface area contributed by atoms with Gasteiger partial charge in [0, 0.05) is 11.5 Å². The molecule has 5 heteroatoms. The van der Waals surface area contributed by atoms with Gasteiger partial charge in [-0.3, -0.25) is 9.00 Å². The van der Waals surface area contributed by atoms with Crippen molar-refractivity contribution in [3.8, 4) is 0 Å². The lowest BCUT2D eigenvalue weighted by Crippen LogP contribution is -2.20. The van der Waals surface area contributed by atoms with E-state index in [-0.39, 0.29) is 5.91 Å². The third kappa shape index (κ3) is 3.55. The van der Waals surface area contributed by atoms with Gasteiger partial charge in [0.05, 0.1) is 27.0 Å². The van der Waals surface area contributed by atoms with Crippen molar-refractivity contribution in [1.29, 1.82) is 0 Å². The Morgan fingerprint density at radius 2 is 1.95 bits per heavy atom. The van der Waals surface area contributed by atoms with Gasteiger partial charge in [-0.05, 0) is 29.8 Å². The van der Waals surface area contributed by atoms with Gasteiger partial charge in [-0.1, -0.05) is 40.2 Å². The van der Waals surface area contributed by atoms with Crippen LogP contribution in [0.15, 0.2) is 57.9 Å². The largest absolute Gasteiger partial charge is 0.355 e. The Hall–Kier alpha value is -1.46. The first-order valence-electron chi connectivity index (χ1n) is 6.05. The van der Waals surface area contributed by atoms with Crippen LogP contribution in [0.5, 0.6) is 0 Å². The smallest absolute Gasteiger partial charge is 0.252 e. The normalized spacial score (nSPS) is 11.9. The molecular weight excluding hydrogens is 338 g/mol.